The number of hydrogen-bond donors (Lipinski definition) is 1. The first-order chi connectivity index (χ1) is 6.61. The van der Waals surface area contributed by atoms with Crippen LogP contribution in [0.25, 0.3) is 0 Å². The predicted molar refractivity (Wildman–Crippen MR) is 50.7 cm³/mol. The summed E-state index contributed by atoms with van der Waals surface area (Å²) < 4.78 is 0. The Hall–Kier alpha value is -1.12. The molecule has 0 heterocycles. The molecule has 3 rings (SSSR count). The largest absolute Gasteiger partial charge is 0.481 e. The second-order valence-electron chi connectivity index (χ2n) is 4.29. The molecule has 0 unspecified atom stereocenters. The summed E-state index contributed by atoms with van der Waals surface area (Å²) in [6.45, 7) is 1.51. The van der Waals surface area contributed by atoms with Crippen LogP contribution in [0.3, 0.4) is 0 Å². The Morgan fingerprint density at radius 1 is 1.14 bits per heavy atom. The maximum absolute atomic E-state index is 11.4. The highest BCUT2D eigenvalue weighted by molar-refractivity contribution is 5.86. The van der Waals surface area contributed by atoms with Crippen molar-refractivity contribution >= 4 is 11.8 Å². The van der Waals surface area contributed by atoms with Crippen molar-refractivity contribution in [3.05, 3.63) is 12.2 Å². The Kier molecular flexibility index (Phi) is 2.17. The van der Waals surface area contributed by atoms with Crippen molar-refractivity contribution < 1.29 is 14.7 Å². The topological polar surface area (TPSA) is 54.4 Å². The lowest BCUT2D eigenvalue weighted by Gasteiger charge is -2.41. The van der Waals surface area contributed by atoms with Crippen LogP contribution in [0, 0.1) is 23.7 Å². The summed E-state index contributed by atoms with van der Waals surface area (Å²) in [6.07, 6.45) is 5.89. The number of carbonyl (C=O) groups is 2. The number of carboxylic acid groups (broad SMARTS) is 1. The molecule has 0 aromatic carbocycles. The zero-order valence-corrected chi connectivity index (χ0v) is 8.14. The summed E-state index contributed by atoms with van der Waals surface area (Å²) in [6, 6.07) is 0. The number of Topliss-reactive ketones (excluding diaryl/α,β-unsaturated/α-hetero) is 1. The Labute approximate surface area is 82.8 Å². The van der Waals surface area contributed by atoms with E-state index in [1.165, 1.54) is 6.92 Å². The van der Waals surface area contributed by atoms with E-state index in [0.717, 1.165) is 12.8 Å². The zero-order chi connectivity index (χ0) is 10.3. The van der Waals surface area contributed by atoms with Crippen LogP contribution >= 0.6 is 0 Å². The normalized spacial score (nSPS) is 39.8. The second kappa shape index (κ2) is 3.23. The predicted octanol–water partition coefficient (Wildman–Crippen LogP) is 1.49. The van der Waals surface area contributed by atoms with Crippen LogP contribution in [-0.2, 0) is 9.59 Å². The number of carbonyl (C=O) groups excluding carboxylic acids is 1. The van der Waals surface area contributed by atoms with Gasteiger partial charge >= 0.3 is 5.97 Å². The van der Waals surface area contributed by atoms with Crippen LogP contribution in [0.1, 0.15) is 19.8 Å². The number of hydrogen-bond acceptors (Lipinski definition) is 2. The second-order valence-corrected chi connectivity index (χ2v) is 4.29. The summed E-state index contributed by atoms with van der Waals surface area (Å²) in [5.41, 5.74) is 0. The number of fused-ring (bicyclic) bond motifs is 2. The van der Waals surface area contributed by atoms with Crippen LogP contribution in [0.5, 0.6) is 0 Å². The molecule has 3 nitrogen and oxygen atoms in total. The van der Waals surface area contributed by atoms with E-state index >= 15 is 0 Å². The van der Waals surface area contributed by atoms with E-state index in [-0.39, 0.29) is 23.5 Å². The zero-order valence-electron chi connectivity index (χ0n) is 8.14. The number of ketones is 1. The number of aliphatic carboxylic acids is 1. The molecule has 0 aromatic heterocycles. The van der Waals surface area contributed by atoms with Gasteiger partial charge in [-0.1, -0.05) is 12.2 Å². The van der Waals surface area contributed by atoms with Crippen LogP contribution in [-0.4, -0.2) is 16.9 Å². The molecule has 3 aliphatic rings. The van der Waals surface area contributed by atoms with Crippen molar-refractivity contribution in [2.24, 2.45) is 23.7 Å². The van der Waals surface area contributed by atoms with E-state index in [1.54, 1.807) is 0 Å². The Morgan fingerprint density at radius 2 is 1.64 bits per heavy atom. The molecule has 1 saturated carbocycles. The lowest BCUT2D eigenvalue weighted by molar-refractivity contribution is -0.151. The van der Waals surface area contributed by atoms with E-state index in [2.05, 4.69) is 0 Å². The molecule has 3 aliphatic carbocycles. The molecular weight excluding hydrogens is 180 g/mol. The minimum absolute atomic E-state index is 0.0245. The molecule has 1 fully saturated rings. The highest BCUT2D eigenvalue weighted by atomic mass is 16.4. The molecule has 0 aromatic rings. The minimum atomic E-state index is -0.816. The van der Waals surface area contributed by atoms with Gasteiger partial charge in [0, 0.05) is 5.92 Å². The fourth-order valence-corrected chi connectivity index (χ4v) is 2.89. The molecule has 76 valence electrons. The van der Waals surface area contributed by atoms with Crippen molar-refractivity contribution in [1.29, 1.82) is 0 Å². The Bertz CT molecular complexity index is 276. The summed E-state index contributed by atoms with van der Waals surface area (Å²) in [5.74, 6) is -1.31. The molecule has 1 N–H and O–H groups in total. The first-order valence-electron chi connectivity index (χ1n) is 5.03. The van der Waals surface area contributed by atoms with E-state index in [1.807, 2.05) is 12.2 Å². The monoisotopic (exact) mass is 194 g/mol. The molecule has 0 saturated heterocycles. The van der Waals surface area contributed by atoms with Gasteiger partial charge in [-0.15, -0.1) is 0 Å². The molecular formula is C11H14O3. The van der Waals surface area contributed by atoms with Gasteiger partial charge in [-0.2, -0.15) is 0 Å². The van der Waals surface area contributed by atoms with E-state index in [0.29, 0.717) is 0 Å². The first kappa shape index (κ1) is 9.44. The molecule has 0 aliphatic heterocycles. The molecule has 4 atom stereocenters. The summed E-state index contributed by atoms with van der Waals surface area (Å²) >= 11 is 0. The summed E-state index contributed by atoms with van der Waals surface area (Å²) in [4.78, 5) is 22.5. The van der Waals surface area contributed by atoms with Crippen LogP contribution < -0.4 is 0 Å². The Balaban J connectivity index is 2.33. The standard InChI is InChI=1S/C11H14O3/c1-6(12)9-7-2-4-8(5-3-7)10(9)11(13)14/h2,4,7-10H,3,5H2,1H3,(H,13,14)/t7-,8+,9+,10+/m1/s1. The highest BCUT2D eigenvalue weighted by Gasteiger charge is 2.46. The van der Waals surface area contributed by atoms with Gasteiger partial charge in [0.15, 0.2) is 0 Å². The van der Waals surface area contributed by atoms with Gasteiger partial charge in [0.1, 0.15) is 5.78 Å². The van der Waals surface area contributed by atoms with Crippen LogP contribution in [0.2, 0.25) is 0 Å². The third-order valence-corrected chi connectivity index (χ3v) is 3.50. The fraction of sp³-hybridized carbons (Fsp3) is 0.636. The van der Waals surface area contributed by atoms with Gasteiger partial charge in [-0.25, -0.2) is 0 Å². The van der Waals surface area contributed by atoms with Crippen molar-refractivity contribution in [1.82, 2.24) is 0 Å². The fourth-order valence-electron chi connectivity index (χ4n) is 2.89. The number of rotatable bonds is 2. The molecule has 0 amide bonds. The quantitative estimate of drug-likeness (QED) is 0.677. The third kappa shape index (κ3) is 1.27. The highest BCUT2D eigenvalue weighted by Crippen LogP contribution is 2.45. The molecule has 0 spiro atoms. The van der Waals surface area contributed by atoms with E-state index < -0.39 is 11.9 Å². The smallest absolute Gasteiger partial charge is 0.307 e. The molecule has 3 heteroatoms. The minimum Gasteiger partial charge on any atom is -0.481 e. The average Bonchev–Trinajstić information content (AvgIpc) is 2.17. The van der Waals surface area contributed by atoms with Crippen LogP contribution in [0.15, 0.2) is 12.2 Å². The maximum atomic E-state index is 11.4. The van der Waals surface area contributed by atoms with Crippen molar-refractivity contribution in [3.8, 4) is 0 Å². The van der Waals surface area contributed by atoms with E-state index in [9.17, 15) is 9.59 Å². The lowest BCUT2D eigenvalue weighted by atomic mass is 9.61. The molecule has 14 heavy (non-hydrogen) atoms. The third-order valence-electron chi connectivity index (χ3n) is 3.50. The summed E-state index contributed by atoms with van der Waals surface area (Å²) in [7, 11) is 0. The molecule has 2 bridgehead atoms. The Morgan fingerprint density at radius 3 is 1.93 bits per heavy atom. The number of allylic oxidation sites excluding steroid dienone is 2. The van der Waals surface area contributed by atoms with Crippen molar-refractivity contribution in [2.75, 3.05) is 0 Å². The van der Waals surface area contributed by atoms with Crippen molar-refractivity contribution in [2.45, 2.75) is 19.8 Å². The van der Waals surface area contributed by atoms with Gasteiger partial charge in [0.25, 0.3) is 0 Å². The number of carboxylic acids is 1. The van der Waals surface area contributed by atoms with Gasteiger partial charge in [-0.05, 0) is 31.6 Å². The van der Waals surface area contributed by atoms with Crippen molar-refractivity contribution in [3.63, 3.8) is 0 Å². The summed E-state index contributed by atoms with van der Waals surface area (Å²) in [5, 5.41) is 9.09. The first-order valence-corrected chi connectivity index (χ1v) is 5.03. The van der Waals surface area contributed by atoms with Gasteiger partial charge in [0.2, 0.25) is 0 Å². The molecule has 0 radical (unpaired) electrons. The maximum Gasteiger partial charge on any atom is 0.307 e. The lowest BCUT2D eigenvalue weighted by Crippen LogP contribution is -2.44. The van der Waals surface area contributed by atoms with Crippen LogP contribution in [0.4, 0.5) is 0 Å². The van der Waals surface area contributed by atoms with Gasteiger partial charge in [-0.3, -0.25) is 9.59 Å². The van der Waals surface area contributed by atoms with Gasteiger partial charge in [0.05, 0.1) is 5.92 Å². The van der Waals surface area contributed by atoms with Gasteiger partial charge < -0.3 is 5.11 Å². The average molecular weight is 194 g/mol. The SMILES string of the molecule is CC(=O)[C@@H]1[C@@H](C(=O)O)[C@H]2C=C[C@@H]1CC2. The van der Waals surface area contributed by atoms with E-state index in [4.69, 9.17) is 5.11 Å².